The summed E-state index contributed by atoms with van der Waals surface area (Å²) in [6.45, 7) is 4.39. The second kappa shape index (κ2) is 13.0. The summed E-state index contributed by atoms with van der Waals surface area (Å²) in [5.41, 5.74) is 2.69. The Kier molecular flexibility index (Phi) is 8.85. The van der Waals surface area contributed by atoms with E-state index in [1.54, 1.807) is 23.2 Å². The number of benzene rings is 2. The standard InChI is InChI=1S/C32H34N6O5S2/c1-21-19-24(43-23-10-4-3-5-11-23)12-13-25(21)38-26-14-16-33-31-27(26)28(36-32(38)40)29(44-31)30(39)35-22-9-8-18-37(20-22)17-7-6-15-34-45(2,41)42/h3-7,10-14,16,19,22,34H,8-9,15,17-18,20H2,1-2H3,(H,35,39)(H,36,40)/b7-6+/t22-/m1/s1. The number of ether oxygens (including phenoxy) is 1. The second-order valence-corrected chi connectivity index (χ2v) is 13.9. The molecule has 0 aliphatic carbocycles. The fourth-order valence-corrected chi connectivity index (χ4v) is 7.07. The van der Waals surface area contributed by atoms with Crippen LogP contribution in [-0.4, -0.2) is 68.7 Å². The van der Waals surface area contributed by atoms with Crippen molar-refractivity contribution in [2.75, 3.05) is 42.7 Å². The summed E-state index contributed by atoms with van der Waals surface area (Å²) in [6.07, 6.45) is 8.27. The van der Waals surface area contributed by atoms with E-state index in [-0.39, 0.29) is 24.5 Å². The van der Waals surface area contributed by atoms with Crippen LogP contribution in [-0.2, 0) is 10.0 Å². The molecule has 4 aromatic rings. The number of hydrogen-bond donors (Lipinski definition) is 3. The van der Waals surface area contributed by atoms with Crippen LogP contribution < -0.4 is 25.0 Å². The molecule has 1 fully saturated rings. The minimum absolute atomic E-state index is 0.0614. The monoisotopic (exact) mass is 646 g/mol. The van der Waals surface area contributed by atoms with Gasteiger partial charge in [-0.1, -0.05) is 30.4 Å². The zero-order valence-electron chi connectivity index (χ0n) is 24.9. The lowest BCUT2D eigenvalue weighted by molar-refractivity contribution is 0.0913. The third-order valence-electron chi connectivity index (χ3n) is 7.67. The van der Waals surface area contributed by atoms with Gasteiger partial charge < -0.3 is 15.4 Å². The van der Waals surface area contributed by atoms with Crippen LogP contribution in [0, 0.1) is 6.92 Å². The third-order valence-corrected chi connectivity index (χ3v) is 9.46. The summed E-state index contributed by atoms with van der Waals surface area (Å²) in [4.78, 5) is 36.7. The SMILES string of the molecule is Cc1cc(Oc2ccccc2)ccc1N1C(=O)Nc2c(C(=O)N[C@@H]3CCCN(C/C=C/CNS(C)(=O)=O)C3)sc3nccc1c23. The maximum atomic E-state index is 13.6. The molecule has 0 unspecified atom stereocenters. The van der Waals surface area contributed by atoms with Crippen LogP contribution in [0.5, 0.6) is 11.5 Å². The first-order valence-corrected chi connectivity index (χ1v) is 17.4. The Morgan fingerprint density at radius 1 is 1.13 bits per heavy atom. The largest absolute Gasteiger partial charge is 0.457 e. The lowest BCUT2D eigenvalue weighted by Gasteiger charge is -2.32. The zero-order valence-corrected chi connectivity index (χ0v) is 26.6. The number of amides is 3. The van der Waals surface area contributed by atoms with Crippen LogP contribution >= 0.6 is 11.3 Å². The van der Waals surface area contributed by atoms with E-state index in [2.05, 4.69) is 25.2 Å². The lowest BCUT2D eigenvalue weighted by atomic mass is 10.1. The van der Waals surface area contributed by atoms with E-state index in [4.69, 9.17) is 4.74 Å². The van der Waals surface area contributed by atoms with Gasteiger partial charge in [0, 0.05) is 31.9 Å². The molecule has 11 nitrogen and oxygen atoms in total. The molecule has 0 spiro atoms. The van der Waals surface area contributed by atoms with Crippen LogP contribution in [0.4, 0.5) is 21.9 Å². The van der Waals surface area contributed by atoms with Gasteiger partial charge in [-0.2, -0.15) is 0 Å². The molecule has 13 heteroatoms. The number of hydrogen-bond acceptors (Lipinski definition) is 8. The molecular weight excluding hydrogens is 613 g/mol. The van der Waals surface area contributed by atoms with Gasteiger partial charge in [0.2, 0.25) is 10.0 Å². The van der Waals surface area contributed by atoms with E-state index in [1.807, 2.05) is 61.5 Å². The van der Waals surface area contributed by atoms with Crippen molar-refractivity contribution in [1.82, 2.24) is 19.9 Å². The van der Waals surface area contributed by atoms with Crippen LogP contribution in [0.25, 0.3) is 10.2 Å². The van der Waals surface area contributed by atoms with Gasteiger partial charge in [0.15, 0.2) is 0 Å². The molecule has 3 amide bonds. The minimum Gasteiger partial charge on any atom is -0.457 e. The molecule has 0 saturated carbocycles. The number of piperidine rings is 1. The Hall–Kier alpha value is -4.30. The molecule has 3 N–H and O–H groups in total. The molecule has 6 rings (SSSR count). The van der Waals surface area contributed by atoms with Crippen LogP contribution in [0.1, 0.15) is 28.1 Å². The van der Waals surface area contributed by atoms with Crippen molar-refractivity contribution < 1.29 is 22.7 Å². The van der Waals surface area contributed by atoms with E-state index in [1.165, 1.54) is 11.3 Å². The van der Waals surface area contributed by atoms with Crippen molar-refractivity contribution in [2.24, 2.45) is 0 Å². The van der Waals surface area contributed by atoms with Crippen molar-refractivity contribution in [3.63, 3.8) is 0 Å². The number of nitrogens with one attached hydrogen (secondary N) is 3. The lowest BCUT2D eigenvalue weighted by Crippen LogP contribution is -2.47. The molecule has 0 radical (unpaired) electrons. The predicted octanol–water partition coefficient (Wildman–Crippen LogP) is 5.38. The number of likely N-dealkylation sites (tertiary alicyclic amines) is 1. The van der Waals surface area contributed by atoms with Crippen molar-refractivity contribution in [3.05, 3.63) is 83.4 Å². The van der Waals surface area contributed by atoms with Crippen molar-refractivity contribution >= 4 is 60.6 Å². The Balaban J connectivity index is 1.18. The van der Waals surface area contributed by atoms with Crippen molar-refractivity contribution in [1.29, 1.82) is 0 Å². The molecule has 2 aliphatic rings. The maximum Gasteiger partial charge on any atom is 0.331 e. The third kappa shape index (κ3) is 7.01. The Labute approximate surface area is 265 Å². The molecule has 1 saturated heterocycles. The molecule has 1 atom stereocenters. The first-order valence-electron chi connectivity index (χ1n) is 14.7. The van der Waals surface area contributed by atoms with Gasteiger partial charge >= 0.3 is 6.03 Å². The minimum atomic E-state index is -3.23. The number of nitrogens with zero attached hydrogens (tertiary/aromatic N) is 3. The van der Waals surface area contributed by atoms with Crippen molar-refractivity contribution in [3.8, 4) is 11.5 Å². The number of aryl methyl sites for hydroxylation is 1. The van der Waals surface area contributed by atoms with Gasteiger partial charge in [0.1, 0.15) is 21.2 Å². The fraction of sp³-hybridized carbons (Fsp3) is 0.281. The summed E-state index contributed by atoms with van der Waals surface area (Å²) in [6, 6.07) is 16.5. The van der Waals surface area contributed by atoms with E-state index >= 15 is 0 Å². The Bertz CT molecular complexity index is 1880. The van der Waals surface area contributed by atoms with E-state index in [0.29, 0.717) is 45.6 Å². The van der Waals surface area contributed by atoms with E-state index < -0.39 is 10.0 Å². The topological polar surface area (TPSA) is 133 Å². The molecule has 2 aliphatic heterocycles. The fourth-order valence-electron chi connectivity index (χ4n) is 5.65. The average Bonchev–Trinajstić information content (AvgIpc) is 3.37. The molecular formula is C32H34N6O5S2. The highest BCUT2D eigenvalue weighted by atomic mass is 32.2. The number of carbonyl (C=O) groups excluding carboxylic acids is 2. The van der Waals surface area contributed by atoms with Crippen LogP contribution in [0.2, 0.25) is 0 Å². The van der Waals surface area contributed by atoms with Gasteiger partial charge in [-0.05, 0) is 68.3 Å². The van der Waals surface area contributed by atoms with Gasteiger partial charge in [-0.3, -0.25) is 14.6 Å². The number of pyridine rings is 1. The Morgan fingerprint density at radius 3 is 2.73 bits per heavy atom. The molecule has 4 heterocycles. The number of urea groups is 1. The first-order chi connectivity index (χ1) is 21.7. The highest BCUT2D eigenvalue weighted by Gasteiger charge is 2.34. The van der Waals surface area contributed by atoms with E-state index in [9.17, 15) is 18.0 Å². The van der Waals surface area contributed by atoms with Crippen molar-refractivity contribution in [2.45, 2.75) is 25.8 Å². The summed E-state index contributed by atoms with van der Waals surface area (Å²) in [5, 5.41) is 6.87. The summed E-state index contributed by atoms with van der Waals surface area (Å²) in [5.74, 6) is 1.14. The number of thiophene rings is 1. The average molecular weight is 647 g/mol. The normalized spacial score (nSPS) is 17.1. The molecule has 2 aromatic carbocycles. The number of rotatable bonds is 10. The smallest absolute Gasteiger partial charge is 0.331 e. The quantitative estimate of drug-likeness (QED) is 0.197. The molecule has 2 aromatic heterocycles. The number of anilines is 3. The van der Waals surface area contributed by atoms with Gasteiger partial charge in [0.25, 0.3) is 5.91 Å². The predicted molar refractivity (Wildman–Crippen MR) is 177 cm³/mol. The summed E-state index contributed by atoms with van der Waals surface area (Å²) in [7, 11) is -3.23. The maximum absolute atomic E-state index is 13.6. The molecule has 234 valence electrons. The number of aromatic nitrogens is 1. The molecule has 0 bridgehead atoms. The number of carbonyl (C=O) groups is 2. The summed E-state index contributed by atoms with van der Waals surface area (Å²) < 4.78 is 30.9. The van der Waals surface area contributed by atoms with Crippen LogP contribution in [0.3, 0.4) is 0 Å². The first kappa shape index (κ1) is 30.7. The van der Waals surface area contributed by atoms with Gasteiger partial charge in [-0.25, -0.2) is 22.9 Å². The highest BCUT2D eigenvalue weighted by molar-refractivity contribution is 7.88. The van der Waals surface area contributed by atoms with Gasteiger partial charge in [0.05, 0.1) is 28.7 Å². The number of para-hydroxylation sites is 1. The Morgan fingerprint density at radius 2 is 1.96 bits per heavy atom. The van der Waals surface area contributed by atoms with Crippen LogP contribution in [0.15, 0.2) is 72.9 Å². The second-order valence-electron chi connectivity index (χ2n) is 11.1. The number of sulfonamides is 1. The van der Waals surface area contributed by atoms with E-state index in [0.717, 1.165) is 42.3 Å². The zero-order chi connectivity index (χ0) is 31.6. The molecule has 45 heavy (non-hydrogen) atoms. The summed E-state index contributed by atoms with van der Waals surface area (Å²) >= 11 is 1.26. The highest BCUT2D eigenvalue weighted by Crippen LogP contribution is 2.46. The van der Waals surface area contributed by atoms with Gasteiger partial charge in [-0.15, -0.1) is 11.3 Å².